The number of nitrogens with zero attached hydrogens (tertiary/aromatic N) is 2. The van der Waals surface area contributed by atoms with E-state index in [1.165, 1.54) is 23.1 Å². The molecule has 44 heavy (non-hydrogen) atoms. The molecule has 2 fully saturated rings. The number of hydrogen-bond acceptors (Lipinski definition) is 8. The van der Waals surface area contributed by atoms with E-state index in [9.17, 15) is 40.7 Å². The molecule has 2 atom stereocenters. The van der Waals surface area contributed by atoms with E-state index in [1.807, 2.05) is 0 Å². The molecule has 4 rings (SSSR count). The highest BCUT2D eigenvalue weighted by Gasteiger charge is 2.46. The quantitative estimate of drug-likeness (QED) is 0.166. The van der Waals surface area contributed by atoms with E-state index in [0.29, 0.717) is 19.5 Å². The van der Waals surface area contributed by atoms with Crippen molar-refractivity contribution < 1.29 is 55.0 Å². The fraction of sp³-hybridized carbons (Fsp3) is 0.690. The number of fused-ring (bicyclic) bond motifs is 1. The Morgan fingerprint density at radius 2 is 1.55 bits per heavy atom. The molecule has 0 aromatic heterocycles. The number of hydroxylamine groups is 1. The standard InChI is InChI=1S/C29H37F6N3O6/c1-26(2,3)43-25(41)38-15-10-20(36-44-24(40)29(33,34)35)19-16-18(8-9-21(19)38)22(42-23(39)28(30,31)32)37-14-7-13-27(17-37)11-5-4-6-12-27/h8-9,16,20,22,36H,4-7,10-15,17H2,1-3H3/t20-,22?/m1/s1. The van der Waals surface area contributed by atoms with Crippen LogP contribution >= 0.6 is 0 Å². The van der Waals surface area contributed by atoms with Crippen LogP contribution in [0.5, 0.6) is 0 Å². The lowest BCUT2D eigenvalue weighted by atomic mass is 9.69. The van der Waals surface area contributed by atoms with Crippen LogP contribution in [0.25, 0.3) is 0 Å². The average molecular weight is 638 g/mol. The van der Waals surface area contributed by atoms with Crippen molar-refractivity contribution in [3.63, 3.8) is 0 Å². The van der Waals surface area contributed by atoms with Gasteiger partial charge in [-0.3, -0.25) is 9.80 Å². The number of nitrogens with one attached hydrogen (secondary N) is 1. The number of piperidine rings is 1. The van der Waals surface area contributed by atoms with Crippen LogP contribution in [-0.4, -0.2) is 60.5 Å². The highest BCUT2D eigenvalue weighted by Crippen LogP contribution is 2.46. The molecular formula is C29H37F6N3O6. The number of carbonyl (C=O) groups excluding carboxylic acids is 3. The molecule has 1 aromatic rings. The number of esters is 1. The molecule has 9 nitrogen and oxygen atoms in total. The molecule has 2 aliphatic heterocycles. The van der Waals surface area contributed by atoms with Gasteiger partial charge >= 0.3 is 30.4 Å². The number of anilines is 1. The Labute approximate surface area is 251 Å². The molecule has 1 spiro atoms. The lowest BCUT2D eigenvalue weighted by Gasteiger charge is -2.47. The van der Waals surface area contributed by atoms with Crippen molar-refractivity contribution in [3.05, 3.63) is 29.3 Å². The van der Waals surface area contributed by atoms with Gasteiger partial charge in [-0.1, -0.05) is 25.3 Å². The Hall–Kier alpha value is -3.07. The summed E-state index contributed by atoms with van der Waals surface area (Å²) in [7, 11) is 0. The largest absolute Gasteiger partial charge is 0.492 e. The molecule has 0 radical (unpaired) electrons. The van der Waals surface area contributed by atoms with Crippen LogP contribution in [0, 0.1) is 5.41 Å². The van der Waals surface area contributed by atoms with Crippen LogP contribution < -0.4 is 10.4 Å². The minimum Gasteiger partial charge on any atom is -0.443 e. The SMILES string of the molecule is CC(C)(C)OC(=O)N1CC[C@@H](NOC(=O)C(F)(F)F)c2cc(C(OC(=O)C(F)(F)F)N3CCCC4(CCCCC4)C3)ccc21. The minimum absolute atomic E-state index is 0.0381. The van der Waals surface area contributed by atoms with Gasteiger partial charge in [0.2, 0.25) is 0 Å². The Balaban J connectivity index is 1.73. The zero-order chi connectivity index (χ0) is 32.5. The maximum atomic E-state index is 13.4. The summed E-state index contributed by atoms with van der Waals surface area (Å²) in [5.41, 5.74) is 1.54. The van der Waals surface area contributed by atoms with Gasteiger partial charge in [0, 0.05) is 25.2 Å². The predicted octanol–water partition coefficient (Wildman–Crippen LogP) is 6.63. The Bertz CT molecular complexity index is 1220. The second kappa shape index (κ2) is 12.7. The highest BCUT2D eigenvalue weighted by molar-refractivity contribution is 5.90. The second-order valence-electron chi connectivity index (χ2n) is 12.7. The first-order valence-electron chi connectivity index (χ1n) is 14.6. The number of rotatable bonds is 5. The van der Waals surface area contributed by atoms with Gasteiger partial charge in [-0.15, -0.1) is 5.48 Å². The zero-order valence-corrected chi connectivity index (χ0v) is 24.8. The van der Waals surface area contributed by atoms with Crippen molar-refractivity contribution >= 4 is 23.7 Å². The van der Waals surface area contributed by atoms with Crippen molar-refractivity contribution in [1.82, 2.24) is 10.4 Å². The molecule has 2 heterocycles. The summed E-state index contributed by atoms with van der Waals surface area (Å²) in [5.74, 6) is -4.87. The van der Waals surface area contributed by atoms with Crippen molar-refractivity contribution in [2.45, 2.75) is 102 Å². The lowest BCUT2D eigenvalue weighted by Crippen LogP contribution is -2.47. The van der Waals surface area contributed by atoms with E-state index in [4.69, 9.17) is 9.47 Å². The van der Waals surface area contributed by atoms with Gasteiger partial charge in [0.05, 0.1) is 11.7 Å². The van der Waals surface area contributed by atoms with E-state index < -0.39 is 48.3 Å². The van der Waals surface area contributed by atoms with Gasteiger partial charge in [0.1, 0.15) is 5.60 Å². The van der Waals surface area contributed by atoms with Gasteiger partial charge < -0.3 is 14.3 Å². The third-order valence-corrected chi connectivity index (χ3v) is 8.17. The molecule has 1 amide bonds. The molecule has 1 unspecified atom stereocenters. The molecule has 1 saturated carbocycles. The summed E-state index contributed by atoms with van der Waals surface area (Å²) in [6.45, 7) is 5.66. The van der Waals surface area contributed by atoms with E-state index in [0.717, 1.165) is 38.5 Å². The molecule has 1 N–H and O–H groups in total. The number of carbonyl (C=O) groups is 3. The first-order valence-corrected chi connectivity index (χ1v) is 14.6. The van der Waals surface area contributed by atoms with E-state index in [2.05, 4.69) is 10.3 Å². The highest BCUT2D eigenvalue weighted by atomic mass is 19.4. The number of benzene rings is 1. The van der Waals surface area contributed by atoms with E-state index in [1.54, 1.807) is 25.7 Å². The molecule has 3 aliphatic rings. The Morgan fingerprint density at radius 1 is 0.909 bits per heavy atom. The molecule has 246 valence electrons. The number of likely N-dealkylation sites (tertiary alicyclic amines) is 1. The van der Waals surface area contributed by atoms with Gasteiger partial charge in [0.15, 0.2) is 6.23 Å². The summed E-state index contributed by atoms with van der Waals surface area (Å²) in [6, 6.07) is 3.10. The first-order chi connectivity index (χ1) is 20.4. The zero-order valence-electron chi connectivity index (χ0n) is 24.8. The monoisotopic (exact) mass is 637 g/mol. The van der Waals surface area contributed by atoms with Crippen LogP contribution in [0.3, 0.4) is 0 Å². The van der Waals surface area contributed by atoms with Crippen LogP contribution in [0.15, 0.2) is 18.2 Å². The smallest absolute Gasteiger partial charge is 0.443 e. The minimum atomic E-state index is -5.28. The van der Waals surface area contributed by atoms with Gasteiger partial charge in [-0.05, 0) is 76.0 Å². The lowest BCUT2D eigenvalue weighted by molar-refractivity contribution is -0.216. The topological polar surface area (TPSA) is 97.4 Å². The van der Waals surface area contributed by atoms with Crippen LogP contribution in [0.4, 0.5) is 36.8 Å². The first kappa shape index (κ1) is 33.8. The maximum absolute atomic E-state index is 13.4. The Morgan fingerprint density at radius 3 is 2.16 bits per heavy atom. The second-order valence-corrected chi connectivity index (χ2v) is 12.7. The molecular weight excluding hydrogens is 600 g/mol. The van der Waals surface area contributed by atoms with Crippen LogP contribution in [-0.2, 0) is 23.9 Å². The van der Waals surface area contributed by atoms with Gasteiger partial charge in [0.25, 0.3) is 0 Å². The normalized spacial score (nSPS) is 21.8. The van der Waals surface area contributed by atoms with Crippen molar-refractivity contribution in [3.8, 4) is 0 Å². The maximum Gasteiger partial charge on any atom is 0.492 e. The number of halogens is 6. The summed E-state index contributed by atoms with van der Waals surface area (Å²) in [5, 5.41) is 0. The molecule has 0 bridgehead atoms. The Kier molecular flexibility index (Phi) is 9.79. The number of alkyl halides is 6. The van der Waals surface area contributed by atoms with Crippen molar-refractivity contribution in [2.75, 3.05) is 24.5 Å². The molecule has 1 aromatic carbocycles. The summed E-state index contributed by atoms with van der Waals surface area (Å²) >= 11 is 0. The molecule has 1 aliphatic carbocycles. The average Bonchev–Trinajstić information content (AvgIpc) is 2.92. The summed E-state index contributed by atoms with van der Waals surface area (Å²) in [4.78, 5) is 43.8. The summed E-state index contributed by atoms with van der Waals surface area (Å²) < 4.78 is 89.3. The number of hydrogen-bond donors (Lipinski definition) is 1. The fourth-order valence-corrected chi connectivity index (χ4v) is 6.27. The van der Waals surface area contributed by atoms with Crippen molar-refractivity contribution in [2.24, 2.45) is 5.41 Å². The molecule has 15 heteroatoms. The van der Waals surface area contributed by atoms with Gasteiger partial charge in [-0.2, -0.15) is 26.3 Å². The van der Waals surface area contributed by atoms with E-state index >= 15 is 0 Å². The van der Waals surface area contributed by atoms with E-state index in [-0.39, 0.29) is 35.2 Å². The van der Waals surface area contributed by atoms with Crippen molar-refractivity contribution in [1.29, 1.82) is 0 Å². The number of ether oxygens (including phenoxy) is 2. The fourth-order valence-electron chi connectivity index (χ4n) is 6.27. The third-order valence-electron chi connectivity index (χ3n) is 8.17. The third kappa shape index (κ3) is 8.14. The molecule has 1 saturated heterocycles. The number of amides is 1. The predicted molar refractivity (Wildman–Crippen MR) is 144 cm³/mol. The van der Waals surface area contributed by atoms with Crippen LogP contribution in [0.1, 0.15) is 95.5 Å². The van der Waals surface area contributed by atoms with Gasteiger partial charge in [-0.25, -0.2) is 14.4 Å². The van der Waals surface area contributed by atoms with Crippen LogP contribution in [0.2, 0.25) is 0 Å². The summed E-state index contributed by atoms with van der Waals surface area (Å²) in [6.07, 6.45) is -6.40.